The van der Waals surface area contributed by atoms with E-state index in [9.17, 15) is 18.0 Å². The number of anilines is 1. The summed E-state index contributed by atoms with van der Waals surface area (Å²) in [7, 11) is 0. The van der Waals surface area contributed by atoms with Crippen LogP contribution in [0.3, 0.4) is 0 Å². The summed E-state index contributed by atoms with van der Waals surface area (Å²) in [5, 5.41) is 9.21. The molecule has 1 aromatic heterocycles. The summed E-state index contributed by atoms with van der Waals surface area (Å²) in [5.74, 6) is -0.944. The van der Waals surface area contributed by atoms with E-state index < -0.39 is 22.7 Å². The Balaban J connectivity index is 1.73. The van der Waals surface area contributed by atoms with Crippen molar-refractivity contribution < 1.29 is 22.4 Å². The zero-order valence-electron chi connectivity index (χ0n) is 13.0. The van der Waals surface area contributed by atoms with Crippen LogP contribution in [0, 0.1) is 0 Å². The number of hydrogen-bond acceptors (Lipinski definition) is 4. The first-order chi connectivity index (χ1) is 12.3. The van der Waals surface area contributed by atoms with Crippen molar-refractivity contribution in [2.45, 2.75) is 12.6 Å². The van der Waals surface area contributed by atoms with Gasteiger partial charge in [-0.15, -0.1) is 10.2 Å². The molecule has 26 heavy (non-hydrogen) atoms. The molecule has 2 aromatic carbocycles. The number of hydrogen-bond donors (Lipinski definition) is 1. The molecule has 1 amide bonds. The topological polar surface area (TPSA) is 68.0 Å². The third-order valence-electron chi connectivity index (χ3n) is 3.39. The molecule has 0 aliphatic rings. The molecule has 0 saturated carbocycles. The molecule has 3 rings (SSSR count). The molecule has 0 atom stereocenters. The Hall–Kier alpha value is -2.87. The van der Waals surface area contributed by atoms with Gasteiger partial charge in [0.1, 0.15) is 0 Å². The minimum Gasteiger partial charge on any atom is -0.417 e. The van der Waals surface area contributed by atoms with Crippen LogP contribution >= 0.6 is 11.6 Å². The van der Waals surface area contributed by atoms with Gasteiger partial charge in [0, 0.05) is 5.69 Å². The summed E-state index contributed by atoms with van der Waals surface area (Å²) in [4.78, 5) is 12.1. The van der Waals surface area contributed by atoms with Crippen molar-refractivity contribution >= 4 is 23.2 Å². The maximum Gasteiger partial charge on any atom is 0.417 e. The average molecular weight is 382 g/mol. The predicted octanol–water partition coefficient (Wildman–Crippen LogP) is 4.58. The number of rotatable bonds is 4. The fourth-order valence-corrected chi connectivity index (χ4v) is 2.42. The van der Waals surface area contributed by atoms with Crippen molar-refractivity contribution in [2.75, 3.05) is 5.32 Å². The smallest absolute Gasteiger partial charge is 0.417 e. The van der Waals surface area contributed by atoms with E-state index in [1.165, 1.54) is 6.07 Å². The van der Waals surface area contributed by atoms with Gasteiger partial charge in [-0.05, 0) is 23.8 Å². The monoisotopic (exact) mass is 381 g/mol. The molecule has 1 heterocycles. The van der Waals surface area contributed by atoms with Gasteiger partial charge >= 0.3 is 18.0 Å². The molecular formula is C17H11ClF3N3O2. The van der Waals surface area contributed by atoms with Crippen LogP contribution in [0.5, 0.6) is 0 Å². The molecule has 0 unspecified atom stereocenters. The number of alkyl halides is 3. The fraction of sp³-hybridized carbons (Fsp3) is 0.118. The van der Waals surface area contributed by atoms with E-state index in [1.54, 1.807) is 0 Å². The third kappa shape index (κ3) is 4.20. The minimum absolute atomic E-state index is 0.0884. The van der Waals surface area contributed by atoms with E-state index in [0.29, 0.717) is 6.42 Å². The summed E-state index contributed by atoms with van der Waals surface area (Å²) < 4.78 is 43.8. The van der Waals surface area contributed by atoms with Crippen molar-refractivity contribution in [3.63, 3.8) is 0 Å². The summed E-state index contributed by atoms with van der Waals surface area (Å²) in [6.45, 7) is 0. The Morgan fingerprint density at radius 1 is 1.12 bits per heavy atom. The molecule has 0 spiro atoms. The Bertz CT molecular complexity index is 927. The van der Waals surface area contributed by atoms with Crippen molar-refractivity contribution in [1.82, 2.24) is 10.2 Å². The van der Waals surface area contributed by atoms with Crippen LogP contribution in [0.25, 0.3) is 0 Å². The fourth-order valence-electron chi connectivity index (χ4n) is 2.19. The number of carbonyl (C=O) groups excluding carboxylic acids is 1. The van der Waals surface area contributed by atoms with Crippen molar-refractivity contribution in [3.8, 4) is 0 Å². The SMILES string of the molecule is O=C(Nc1ccc(Cl)c(C(F)(F)F)c1)c1nnc(Cc2ccccc2)o1. The number of amides is 1. The van der Waals surface area contributed by atoms with E-state index in [-0.39, 0.29) is 17.5 Å². The number of nitrogens with zero attached hydrogens (tertiary/aromatic N) is 2. The lowest BCUT2D eigenvalue weighted by Gasteiger charge is -2.11. The van der Waals surface area contributed by atoms with Gasteiger partial charge in [0.15, 0.2) is 0 Å². The predicted molar refractivity (Wildman–Crippen MR) is 88.0 cm³/mol. The van der Waals surface area contributed by atoms with Gasteiger partial charge in [-0.2, -0.15) is 13.2 Å². The van der Waals surface area contributed by atoms with Crippen LogP contribution in [-0.4, -0.2) is 16.1 Å². The Morgan fingerprint density at radius 3 is 2.54 bits per heavy atom. The van der Waals surface area contributed by atoms with Gasteiger partial charge in [-0.3, -0.25) is 4.79 Å². The van der Waals surface area contributed by atoms with Gasteiger partial charge < -0.3 is 9.73 Å². The standard InChI is InChI=1S/C17H11ClF3N3O2/c18-13-7-6-11(9-12(13)17(19,20)21)22-15(25)16-24-23-14(26-16)8-10-4-2-1-3-5-10/h1-7,9H,8H2,(H,22,25). The van der Waals surface area contributed by atoms with Gasteiger partial charge in [-0.25, -0.2) is 0 Å². The molecule has 0 bridgehead atoms. The molecule has 0 fully saturated rings. The van der Waals surface area contributed by atoms with E-state index in [2.05, 4.69) is 15.5 Å². The Labute approximate surface area is 150 Å². The zero-order valence-corrected chi connectivity index (χ0v) is 13.8. The summed E-state index contributed by atoms with van der Waals surface area (Å²) >= 11 is 5.54. The lowest BCUT2D eigenvalue weighted by molar-refractivity contribution is -0.137. The van der Waals surface area contributed by atoms with Crippen LogP contribution in [0.2, 0.25) is 5.02 Å². The van der Waals surface area contributed by atoms with Crippen LogP contribution in [-0.2, 0) is 12.6 Å². The molecule has 1 N–H and O–H groups in total. The maximum atomic E-state index is 12.9. The van der Waals surface area contributed by atoms with E-state index in [0.717, 1.165) is 17.7 Å². The Morgan fingerprint density at radius 2 is 1.85 bits per heavy atom. The average Bonchev–Trinajstić information content (AvgIpc) is 3.05. The molecule has 3 aromatic rings. The highest BCUT2D eigenvalue weighted by Gasteiger charge is 2.33. The van der Waals surface area contributed by atoms with Crippen molar-refractivity contribution in [1.29, 1.82) is 0 Å². The molecular weight excluding hydrogens is 371 g/mol. The zero-order chi connectivity index (χ0) is 18.7. The highest BCUT2D eigenvalue weighted by Crippen LogP contribution is 2.36. The first-order valence-corrected chi connectivity index (χ1v) is 7.75. The van der Waals surface area contributed by atoms with Gasteiger partial charge in [0.05, 0.1) is 17.0 Å². The molecule has 0 radical (unpaired) electrons. The highest BCUT2D eigenvalue weighted by atomic mass is 35.5. The second-order valence-electron chi connectivity index (χ2n) is 5.31. The van der Waals surface area contributed by atoms with Crippen LogP contribution in [0.1, 0.15) is 27.7 Å². The summed E-state index contributed by atoms with van der Waals surface area (Å²) in [6.07, 6.45) is -4.30. The van der Waals surface area contributed by atoms with Crippen LogP contribution in [0.4, 0.5) is 18.9 Å². The first-order valence-electron chi connectivity index (χ1n) is 7.37. The maximum absolute atomic E-state index is 12.9. The van der Waals surface area contributed by atoms with E-state index in [4.69, 9.17) is 16.0 Å². The number of carbonyl (C=O) groups is 1. The molecule has 0 aliphatic carbocycles. The molecule has 0 saturated heterocycles. The quantitative estimate of drug-likeness (QED) is 0.718. The largest absolute Gasteiger partial charge is 0.417 e. The van der Waals surface area contributed by atoms with Crippen LogP contribution in [0.15, 0.2) is 52.9 Å². The summed E-state index contributed by atoms with van der Waals surface area (Å²) in [5.41, 5.74) is -0.225. The lowest BCUT2D eigenvalue weighted by atomic mass is 10.2. The second-order valence-corrected chi connectivity index (χ2v) is 5.72. The van der Waals surface area contributed by atoms with E-state index >= 15 is 0 Å². The number of nitrogens with one attached hydrogen (secondary N) is 1. The normalized spacial score (nSPS) is 11.4. The van der Waals surface area contributed by atoms with Gasteiger partial charge in [0.2, 0.25) is 5.89 Å². The van der Waals surface area contributed by atoms with Crippen LogP contribution < -0.4 is 5.32 Å². The number of aromatic nitrogens is 2. The minimum atomic E-state index is -4.63. The molecule has 0 aliphatic heterocycles. The highest BCUT2D eigenvalue weighted by molar-refractivity contribution is 6.31. The Kier molecular flexibility index (Phi) is 4.94. The first kappa shape index (κ1) is 17.9. The molecule has 134 valence electrons. The molecule has 5 nitrogen and oxygen atoms in total. The number of halogens is 4. The van der Waals surface area contributed by atoms with Gasteiger partial charge in [-0.1, -0.05) is 41.9 Å². The second kappa shape index (κ2) is 7.17. The lowest BCUT2D eigenvalue weighted by Crippen LogP contribution is -2.14. The summed E-state index contributed by atoms with van der Waals surface area (Å²) in [6, 6.07) is 12.3. The van der Waals surface area contributed by atoms with Gasteiger partial charge in [0.25, 0.3) is 0 Å². The number of benzene rings is 2. The van der Waals surface area contributed by atoms with E-state index in [1.807, 2.05) is 30.3 Å². The molecule has 9 heteroatoms. The van der Waals surface area contributed by atoms with Crippen molar-refractivity contribution in [3.05, 3.63) is 76.5 Å². The van der Waals surface area contributed by atoms with Crippen molar-refractivity contribution in [2.24, 2.45) is 0 Å². The third-order valence-corrected chi connectivity index (χ3v) is 3.72.